The topological polar surface area (TPSA) is 78.4 Å². The molecular formula is C10H16N4O2. The summed E-state index contributed by atoms with van der Waals surface area (Å²) in [4.78, 5) is 12.6. The molecule has 0 amide bonds. The van der Waals surface area contributed by atoms with Gasteiger partial charge in [-0.15, -0.1) is 10.2 Å². The molecule has 0 saturated carbocycles. The van der Waals surface area contributed by atoms with Gasteiger partial charge in [-0.05, 0) is 39.2 Å². The zero-order valence-corrected chi connectivity index (χ0v) is 9.47. The number of carbonyl (C=O) groups is 1. The zero-order valence-electron chi connectivity index (χ0n) is 9.47. The number of carboxylic acid groups (broad SMARTS) is 1. The van der Waals surface area contributed by atoms with E-state index in [0.717, 1.165) is 19.5 Å². The average Bonchev–Trinajstić information content (AvgIpc) is 2.25. The molecule has 1 rings (SSSR count). The predicted octanol–water partition coefficient (Wildman–Crippen LogP) is 0.538. The number of nitrogens with one attached hydrogen (secondary N) is 1. The summed E-state index contributed by atoms with van der Waals surface area (Å²) in [5.74, 6) is -0.463. The standard InChI is InChI=1S/C10H16N4O2/c1-14(2)7-3-6-11-9-5-4-8(10(15)16)12-13-9/h4-5H,3,6-7H2,1-2H3,(H,11,13)(H,15,16). The van der Waals surface area contributed by atoms with Crippen LogP contribution < -0.4 is 5.32 Å². The smallest absolute Gasteiger partial charge is 0.356 e. The molecular weight excluding hydrogens is 208 g/mol. The van der Waals surface area contributed by atoms with Crippen LogP contribution in [0.1, 0.15) is 16.9 Å². The molecule has 6 heteroatoms. The molecule has 0 aliphatic rings. The van der Waals surface area contributed by atoms with Gasteiger partial charge in [-0.1, -0.05) is 0 Å². The summed E-state index contributed by atoms with van der Waals surface area (Å²) >= 11 is 0. The Hall–Kier alpha value is -1.69. The maximum atomic E-state index is 10.5. The summed E-state index contributed by atoms with van der Waals surface area (Å²) < 4.78 is 0. The highest BCUT2D eigenvalue weighted by Crippen LogP contribution is 2.01. The summed E-state index contributed by atoms with van der Waals surface area (Å²) in [6.45, 7) is 1.78. The second kappa shape index (κ2) is 6.02. The van der Waals surface area contributed by atoms with Gasteiger partial charge in [0.25, 0.3) is 0 Å². The number of hydrogen-bond donors (Lipinski definition) is 2. The third kappa shape index (κ3) is 4.22. The van der Waals surface area contributed by atoms with Crippen molar-refractivity contribution in [2.45, 2.75) is 6.42 Å². The molecule has 0 aliphatic heterocycles. The maximum Gasteiger partial charge on any atom is 0.356 e. The van der Waals surface area contributed by atoms with E-state index in [4.69, 9.17) is 5.11 Å². The van der Waals surface area contributed by atoms with Crippen molar-refractivity contribution in [1.82, 2.24) is 15.1 Å². The Balaban J connectivity index is 2.35. The number of carboxylic acids is 1. The average molecular weight is 224 g/mol. The van der Waals surface area contributed by atoms with E-state index in [2.05, 4.69) is 20.4 Å². The summed E-state index contributed by atoms with van der Waals surface area (Å²) in [5, 5.41) is 19.0. The van der Waals surface area contributed by atoms with Crippen LogP contribution in [0, 0.1) is 0 Å². The second-order valence-electron chi connectivity index (χ2n) is 3.69. The third-order valence-electron chi connectivity index (χ3n) is 1.97. The van der Waals surface area contributed by atoms with E-state index in [1.54, 1.807) is 6.07 Å². The van der Waals surface area contributed by atoms with Gasteiger partial charge in [0.15, 0.2) is 5.69 Å². The predicted molar refractivity (Wildman–Crippen MR) is 60.7 cm³/mol. The molecule has 16 heavy (non-hydrogen) atoms. The highest BCUT2D eigenvalue weighted by atomic mass is 16.4. The van der Waals surface area contributed by atoms with Crippen LogP contribution in [0.4, 0.5) is 5.82 Å². The lowest BCUT2D eigenvalue weighted by molar-refractivity contribution is 0.0689. The molecule has 2 N–H and O–H groups in total. The van der Waals surface area contributed by atoms with Crippen molar-refractivity contribution < 1.29 is 9.90 Å². The van der Waals surface area contributed by atoms with Gasteiger partial charge < -0.3 is 15.3 Å². The van der Waals surface area contributed by atoms with Crippen molar-refractivity contribution in [1.29, 1.82) is 0 Å². The van der Waals surface area contributed by atoms with Crippen LogP contribution in [0.15, 0.2) is 12.1 Å². The van der Waals surface area contributed by atoms with Crippen molar-refractivity contribution in [3.63, 3.8) is 0 Å². The van der Waals surface area contributed by atoms with Crippen LogP contribution in [0.2, 0.25) is 0 Å². The van der Waals surface area contributed by atoms with Crippen LogP contribution in [0.25, 0.3) is 0 Å². The summed E-state index contributed by atoms with van der Waals surface area (Å²) in [6, 6.07) is 3.05. The van der Waals surface area contributed by atoms with Gasteiger partial charge in [-0.2, -0.15) is 0 Å². The molecule has 0 radical (unpaired) electrons. The number of nitrogens with zero attached hydrogens (tertiary/aromatic N) is 3. The molecule has 88 valence electrons. The molecule has 1 aromatic rings. The fraction of sp³-hybridized carbons (Fsp3) is 0.500. The fourth-order valence-electron chi connectivity index (χ4n) is 1.15. The lowest BCUT2D eigenvalue weighted by Crippen LogP contribution is -2.16. The number of aromatic carboxylic acids is 1. The number of anilines is 1. The monoisotopic (exact) mass is 224 g/mol. The van der Waals surface area contributed by atoms with E-state index in [-0.39, 0.29) is 5.69 Å². The molecule has 1 aromatic heterocycles. The third-order valence-corrected chi connectivity index (χ3v) is 1.97. The normalized spacial score (nSPS) is 10.4. The first-order valence-corrected chi connectivity index (χ1v) is 5.05. The van der Waals surface area contributed by atoms with E-state index in [9.17, 15) is 4.79 Å². The van der Waals surface area contributed by atoms with Gasteiger partial charge in [0, 0.05) is 6.54 Å². The summed E-state index contributed by atoms with van der Waals surface area (Å²) in [6.07, 6.45) is 0.995. The molecule has 0 spiro atoms. The Labute approximate surface area is 94.3 Å². The van der Waals surface area contributed by atoms with Crippen LogP contribution in [-0.4, -0.2) is 53.4 Å². The van der Waals surface area contributed by atoms with E-state index in [1.165, 1.54) is 6.07 Å². The highest BCUT2D eigenvalue weighted by Gasteiger charge is 2.04. The van der Waals surface area contributed by atoms with Crippen LogP contribution >= 0.6 is 0 Å². The molecule has 0 bridgehead atoms. The van der Waals surface area contributed by atoms with Crippen LogP contribution in [0.3, 0.4) is 0 Å². The van der Waals surface area contributed by atoms with Gasteiger partial charge in [0.1, 0.15) is 5.82 Å². The molecule has 0 unspecified atom stereocenters. The van der Waals surface area contributed by atoms with E-state index in [1.807, 2.05) is 14.1 Å². The van der Waals surface area contributed by atoms with Gasteiger partial charge in [-0.25, -0.2) is 4.79 Å². The first-order chi connectivity index (χ1) is 7.59. The minimum absolute atomic E-state index is 0.0427. The van der Waals surface area contributed by atoms with Crippen molar-refractivity contribution in [3.8, 4) is 0 Å². The first-order valence-electron chi connectivity index (χ1n) is 5.05. The Kier molecular flexibility index (Phi) is 4.65. The molecule has 0 aromatic carbocycles. The van der Waals surface area contributed by atoms with Gasteiger partial charge >= 0.3 is 5.97 Å². The molecule has 0 aliphatic carbocycles. The summed E-state index contributed by atoms with van der Waals surface area (Å²) in [7, 11) is 4.03. The highest BCUT2D eigenvalue weighted by molar-refractivity contribution is 5.85. The number of hydrogen-bond acceptors (Lipinski definition) is 5. The second-order valence-corrected chi connectivity index (χ2v) is 3.69. The molecule has 0 atom stereocenters. The SMILES string of the molecule is CN(C)CCCNc1ccc(C(=O)O)nn1. The van der Waals surface area contributed by atoms with E-state index >= 15 is 0 Å². The van der Waals surface area contributed by atoms with Crippen molar-refractivity contribution >= 4 is 11.8 Å². The van der Waals surface area contributed by atoms with Crippen molar-refractivity contribution in [3.05, 3.63) is 17.8 Å². The minimum Gasteiger partial charge on any atom is -0.476 e. The maximum absolute atomic E-state index is 10.5. The minimum atomic E-state index is -1.06. The van der Waals surface area contributed by atoms with E-state index in [0.29, 0.717) is 5.82 Å². The van der Waals surface area contributed by atoms with Gasteiger partial charge in [0.05, 0.1) is 0 Å². The summed E-state index contributed by atoms with van der Waals surface area (Å²) in [5.41, 5.74) is -0.0427. The van der Waals surface area contributed by atoms with Crippen molar-refractivity contribution in [2.75, 3.05) is 32.5 Å². The molecule has 0 saturated heterocycles. The Morgan fingerprint density at radius 3 is 2.69 bits per heavy atom. The largest absolute Gasteiger partial charge is 0.476 e. The molecule has 1 heterocycles. The number of aromatic nitrogens is 2. The number of rotatable bonds is 6. The fourth-order valence-corrected chi connectivity index (χ4v) is 1.15. The first kappa shape index (κ1) is 12.4. The van der Waals surface area contributed by atoms with Gasteiger partial charge in [0.2, 0.25) is 0 Å². The molecule has 6 nitrogen and oxygen atoms in total. The van der Waals surface area contributed by atoms with Crippen LogP contribution in [0.5, 0.6) is 0 Å². The van der Waals surface area contributed by atoms with Crippen LogP contribution in [-0.2, 0) is 0 Å². The Bertz CT molecular complexity index is 337. The Morgan fingerprint density at radius 2 is 2.19 bits per heavy atom. The quantitative estimate of drug-likeness (QED) is 0.687. The van der Waals surface area contributed by atoms with Gasteiger partial charge in [-0.3, -0.25) is 0 Å². The zero-order chi connectivity index (χ0) is 12.0. The Morgan fingerprint density at radius 1 is 1.44 bits per heavy atom. The lowest BCUT2D eigenvalue weighted by Gasteiger charge is -2.09. The molecule has 0 fully saturated rings. The van der Waals surface area contributed by atoms with E-state index < -0.39 is 5.97 Å². The van der Waals surface area contributed by atoms with Crippen molar-refractivity contribution in [2.24, 2.45) is 0 Å². The lowest BCUT2D eigenvalue weighted by atomic mass is 10.3.